The number of hydrogen-bond donors (Lipinski definition) is 0. The Balaban J connectivity index is 1.46. The van der Waals surface area contributed by atoms with Gasteiger partial charge >= 0.3 is 0 Å². The molecule has 0 N–H and O–H groups in total. The van der Waals surface area contributed by atoms with Gasteiger partial charge < -0.3 is 14.5 Å². The van der Waals surface area contributed by atoms with E-state index in [1.165, 1.54) is 12.8 Å². The molecule has 0 unspecified atom stereocenters. The number of rotatable bonds is 4. The Kier molecular flexibility index (Phi) is 5.67. The average Bonchev–Trinajstić information content (AvgIpc) is 3.47. The number of likely N-dealkylation sites (tertiary alicyclic amines) is 1. The first-order valence-electron chi connectivity index (χ1n) is 11.3. The molecule has 32 heavy (non-hydrogen) atoms. The third-order valence-corrected chi connectivity index (χ3v) is 6.83. The number of aryl methyl sites for hydroxylation is 1. The molecule has 168 valence electrons. The highest BCUT2D eigenvalue weighted by Crippen LogP contribution is 2.34. The lowest BCUT2D eigenvalue weighted by Gasteiger charge is -2.34. The summed E-state index contributed by atoms with van der Waals surface area (Å²) in [4.78, 5) is 22.6. The molecule has 2 aromatic heterocycles. The smallest absolute Gasteiger partial charge is 0.254 e. The Morgan fingerprint density at radius 1 is 1.12 bits per heavy atom. The molecule has 3 aromatic rings. The minimum absolute atomic E-state index is 0.0294. The number of hydrogen-bond acceptors (Lipinski definition) is 5. The summed E-state index contributed by atoms with van der Waals surface area (Å²) < 4.78 is 7.08. The summed E-state index contributed by atoms with van der Waals surface area (Å²) in [5, 5.41) is 5.27. The van der Waals surface area contributed by atoms with Crippen LogP contribution in [0.1, 0.15) is 59.8 Å². The zero-order valence-corrected chi connectivity index (χ0v) is 19.3. The van der Waals surface area contributed by atoms with Gasteiger partial charge in [-0.15, -0.1) is 0 Å². The van der Waals surface area contributed by atoms with Gasteiger partial charge in [-0.1, -0.05) is 11.6 Å². The second kappa shape index (κ2) is 8.62. The largest absolute Gasteiger partial charge is 0.495 e. The number of methoxy groups -OCH3 is 1. The van der Waals surface area contributed by atoms with Crippen molar-refractivity contribution in [3.63, 3.8) is 0 Å². The molecule has 5 rings (SSSR count). The Labute approximate surface area is 192 Å². The average molecular weight is 454 g/mol. The van der Waals surface area contributed by atoms with E-state index >= 15 is 0 Å². The topological polar surface area (TPSA) is 63.0 Å². The van der Waals surface area contributed by atoms with Gasteiger partial charge in [-0.25, -0.2) is 9.50 Å². The molecule has 0 spiro atoms. The molecule has 2 aliphatic heterocycles. The first-order valence-corrected chi connectivity index (χ1v) is 11.7. The lowest BCUT2D eigenvalue weighted by Crippen LogP contribution is -2.38. The van der Waals surface area contributed by atoms with Crippen molar-refractivity contribution in [3.8, 4) is 5.75 Å². The van der Waals surface area contributed by atoms with Crippen LogP contribution in [0.25, 0.3) is 5.65 Å². The van der Waals surface area contributed by atoms with Gasteiger partial charge in [-0.05, 0) is 57.2 Å². The van der Waals surface area contributed by atoms with Crippen LogP contribution in [-0.4, -0.2) is 52.1 Å². The molecule has 0 aliphatic carbocycles. The number of amides is 1. The lowest BCUT2D eigenvalue weighted by molar-refractivity contribution is 0.0605. The Morgan fingerprint density at radius 2 is 1.91 bits per heavy atom. The first-order chi connectivity index (χ1) is 15.5. The number of carbonyl (C=O) groups excluding carboxylic acids is 1. The zero-order valence-electron chi connectivity index (χ0n) is 18.6. The fraction of sp³-hybridized carbons (Fsp3) is 0.458. The van der Waals surface area contributed by atoms with Gasteiger partial charge in [0.15, 0.2) is 5.65 Å². The highest BCUT2D eigenvalue weighted by molar-refractivity contribution is 6.32. The number of fused-ring (bicyclic) bond motifs is 1. The molecule has 7 nitrogen and oxygen atoms in total. The predicted molar refractivity (Wildman–Crippen MR) is 125 cm³/mol. The summed E-state index contributed by atoms with van der Waals surface area (Å²) in [6, 6.07) is 7.16. The van der Waals surface area contributed by atoms with Gasteiger partial charge in [0.2, 0.25) is 0 Å². The van der Waals surface area contributed by atoms with Crippen LogP contribution in [0.5, 0.6) is 5.75 Å². The number of halogens is 1. The third kappa shape index (κ3) is 3.79. The highest BCUT2D eigenvalue weighted by Gasteiger charge is 2.31. The number of nitrogens with zero attached hydrogens (tertiary/aromatic N) is 5. The van der Waals surface area contributed by atoms with Gasteiger partial charge in [0, 0.05) is 43.0 Å². The zero-order chi connectivity index (χ0) is 22.2. The fourth-order valence-corrected chi connectivity index (χ4v) is 5.14. The summed E-state index contributed by atoms with van der Waals surface area (Å²) in [5.41, 5.74) is 3.41. The molecule has 4 heterocycles. The maximum Gasteiger partial charge on any atom is 0.254 e. The highest BCUT2D eigenvalue weighted by atomic mass is 35.5. The summed E-state index contributed by atoms with van der Waals surface area (Å²) in [6.07, 6.45) is 7.42. The van der Waals surface area contributed by atoms with E-state index < -0.39 is 0 Å². The van der Waals surface area contributed by atoms with E-state index in [4.69, 9.17) is 26.4 Å². The van der Waals surface area contributed by atoms with Crippen molar-refractivity contribution in [2.45, 2.75) is 45.1 Å². The van der Waals surface area contributed by atoms with E-state index in [1.54, 1.807) is 25.3 Å². The number of aromatic nitrogens is 3. The summed E-state index contributed by atoms with van der Waals surface area (Å²) in [7, 11) is 1.57. The van der Waals surface area contributed by atoms with E-state index in [1.807, 2.05) is 15.5 Å². The normalized spacial score (nSPS) is 19.0. The molecule has 1 amide bonds. The van der Waals surface area contributed by atoms with Crippen molar-refractivity contribution in [2.24, 2.45) is 0 Å². The maximum absolute atomic E-state index is 13.4. The summed E-state index contributed by atoms with van der Waals surface area (Å²) in [6.45, 7) is 4.90. The molecular weight excluding hydrogens is 426 g/mol. The summed E-state index contributed by atoms with van der Waals surface area (Å²) >= 11 is 6.28. The van der Waals surface area contributed by atoms with Gasteiger partial charge in [0.25, 0.3) is 5.91 Å². The van der Waals surface area contributed by atoms with Crippen molar-refractivity contribution >= 4 is 29.0 Å². The molecule has 1 atom stereocenters. The van der Waals surface area contributed by atoms with Crippen molar-refractivity contribution < 1.29 is 9.53 Å². The Hall–Kier alpha value is -2.80. The van der Waals surface area contributed by atoms with Crippen LogP contribution < -0.4 is 9.64 Å². The SMILES string of the molecule is COc1ccc(C(=O)N2CCCC[C@H]2c2cc3nc(N4CCCC4)c(C)cn3n2)cc1Cl. The molecule has 0 bridgehead atoms. The number of ether oxygens (including phenoxy) is 1. The number of anilines is 1. The number of carbonyl (C=O) groups is 1. The van der Waals surface area contributed by atoms with E-state index in [0.717, 1.165) is 55.1 Å². The molecule has 1 aromatic carbocycles. The van der Waals surface area contributed by atoms with Gasteiger partial charge in [-0.3, -0.25) is 4.79 Å². The minimum atomic E-state index is -0.0747. The fourth-order valence-electron chi connectivity index (χ4n) is 4.88. The second-order valence-corrected chi connectivity index (χ2v) is 9.08. The van der Waals surface area contributed by atoms with Crippen LogP contribution >= 0.6 is 11.6 Å². The molecule has 2 fully saturated rings. The Bertz CT molecular complexity index is 1150. The van der Waals surface area contributed by atoms with Crippen LogP contribution in [0.3, 0.4) is 0 Å². The predicted octanol–water partition coefficient (Wildman–Crippen LogP) is 4.67. The van der Waals surface area contributed by atoms with Crippen LogP contribution in [0.2, 0.25) is 5.02 Å². The van der Waals surface area contributed by atoms with E-state index in [9.17, 15) is 4.79 Å². The lowest BCUT2D eigenvalue weighted by atomic mass is 9.98. The van der Waals surface area contributed by atoms with E-state index in [0.29, 0.717) is 22.9 Å². The van der Waals surface area contributed by atoms with Crippen molar-refractivity contribution in [2.75, 3.05) is 31.6 Å². The van der Waals surface area contributed by atoms with Crippen LogP contribution in [-0.2, 0) is 0 Å². The molecule has 0 saturated carbocycles. The van der Waals surface area contributed by atoms with E-state index in [2.05, 4.69) is 18.0 Å². The number of piperidine rings is 1. The molecule has 0 radical (unpaired) electrons. The van der Waals surface area contributed by atoms with Crippen LogP contribution in [0.15, 0.2) is 30.5 Å². The third-order valence-electron chi connectivity index (χ3n) is 6.53. The van der Waals surface area contributed by atoms with Gasteiger partial charge in [0.05, 0.1) is 23.9 Å². The van der Waals surface area contributed by atoms with Crippen molar-refractivity contribution in [1.29, 1.82) is 0 Å². The van der Waals surface area contributed by atoms with Crippen LogP contribution in [0, 0.1) is 6.92 Å². The van der Waals surface area contributed by atoms with Crippen molar-refractivity contribution in [3.05, 3.63) is 52.3 Å². The van der Waals surface area contributed by atoms with Gasteiger partial charge in [0.1, 0.15) is 11.6 Å². The first kappa shape index (κ1) is 21.1. The molecule has 2 saturated heterocycles. The van der Waals surface area contributed by atoms with Crippen molar-refractivity contribution in [1.82, 2.24) is 19.5 Å². The number of benzene rings is 1. The second-order valence-electron chi connectivity index (χ2n) is 8.67. The minimum Gasteiger partial charge on any atom is -0.495 e. The Morgan fingerprint density at radius 3 is 2.66 bits per heavy atom. The van der Waals surface area contributed by atoms with Gasteiger partial charge in [-0.2, -0.15) is 5.10 Å². The van der Waals surface area contributed by atoms with E-state index in [-0.39, 0.29) is 11.9 Å². The standard InChI is InChI=1S/C24H28ClN5O2/c1-16-15-30-22(26-23(16)28-10-5-6-11-28)14-19(27-30)20-7-3-4-12-29(20)24(31)17-8-9-21(32-2)18(25)13-17/h8-9,13-15,20H,3-7,10-12H2,1-2H3/t20-/m0/s1. The van der Waals surface area contributed by atoms with Crippen LogP contribution in [0.4, 0.5) is 5.82 Å². The quantitative estimate of drug-likeness (QED) is 0.574. The maximum atomic E-state index is 13.4. The monoisotopic (exact) mass is 453 g/mol. The summed E-state index contributed by atoms with van der Waals surface area (Å²) in [5.74, 6) is 1.58. The molecule has 2 aliphatic rings. The molecular formula is C24H28ClN5O2. The molecule has 8 heteroatoms.